The van der Waals surface area contributed by atoms with Crippen LogP contribution in [0.15, 0.2) is 0 Å². The third-order valence-electron chi connectivity index (χ3n) is 0. The van der Waals surface area contributed by atoms with E-state index < -0.39 is 0 Å². The van der Waals surface area contributed by atoms with Gasteiger partial charge in [-0.15, -0.1) is 0 Å². The molecule has 0 rings (SSSR count). The minimum atomic E-state index is 0. The monoisotopic (exact) mass is 169 g/mol. The molecule has 0 aliphatic heterocycles. The molecule has 0 saturated heterocycles. The Morgan fingerprint density at radius 3 is 1.14 bits per heavy atom. The van der Waals surface area contributed by atoms with Gasteiger partial charge in [0, 0.05) is 17.1 Å². The van der Waals surface area contributed by atoms with E-state index in [0.717, 1.165) is 0 Å². The van der Waals surface area contributed by atoms with Gasteiger partial charge in [-0.2, -0.15) is 5.26 Å². The second kappa shape index (κ2) is 111. The molecule has 7 heavy (non-hydrogen) atoms. The fourth-order valence-corrected chi connectivity index (χ4v) is 0. The van der Waals surface area contributed by atoms with Crippen molar-refractivity contribution in [2.45, 2.75) is 0 Å². The number of rotatable bonds is 0. The Hall–Kier alpha value is 0.239. The first-order chi connectivity index (χ1) is 1.41. The van der Waals surface area contributed by atoms with Gasteiger partial charge in [-0.3, -0.25) is 0 Å². The number of nitrogens with zero attached hydrogens (tertiary/aromatic N) is 1. The summed E-state index contributed by atoms with van der Waals surface area (Å²) in [5, 5.41) is 8.63. The van der Waals surface area contributed by atoms with Gasteiger partial charge >= 0.3 is 0 Å². The van der Waals surface area contributed by atoms with E-state index >= 15 is 0 Å². The zero-order chi connectivity index (χ0) is 2.71. The summed E-state index contributed by atoms with van der Waals surface area (Å²) in [7, 11) is 0. The zero-order valence-electron chi connectivity index (χ0n) is 3.25. The van der Waals surface area contributed by atoms with Crippen molar-refractivity contribution < 1.29 is 33.5 Å². The van der Waals surface area contributed by atoms with Gasteiger partial charge in [-0.1, -0.05) is 12.6 Å². The quantitative estimate of drug-likeness (QED) is 0.250. The van der Waals surface area contributed by atoms with E-state index in [1.807, 2.05) is 0 Å². The molecule has 0 aromatic carbocycles. The molecule has 0 aliphatic carbocycles. The van der Waals surface area contributed by atoms with E-state index in [-0.39, 0.29) is 33.5 Å². The minimum Gasteiger partial charge on any atom is -0.412 e. The Kier molecular flexibility index (Phi) is 895. The van der Waals surface area contributed by atoms with Gasteiger partial charge in [0.05, 0.1) is 0 Å². The van der Waals surface area contributed by atoms with Gasteiger partial charge in [0.15, 0.2) is 0 Å². The third kappa shape index (κ3) is 1960. The van der Waals surface area contributed by atoms with Crippen LogP contribution in [0.4, 0.5) is 0 Å². The molecular weight excluding hydrogens is 162 g/mol. The number of thiocyanates is 1. The van der Waals surface area contributed by atoms with E-state index in [1.54, 1.807) is 0 Å². The molecule has 0 aliphatic rings. The van der Waals surface area contributed by atoms with Crippen LogP contribution in [0, 0.1) is 10.7 Å². The van der Waals surface area contributed by atoms with Crippen molar-refractivity contribution in [1.82, 2.24) is 0 Å². The largest absolute Gasteiger partial charge is 0.412 e. The molecule has 0 bridgehead atoms. The topological polar surface area (TPSA) is 118 Å². The molecule has 0 unspecified atom stereocenters. The van der Waals surface area contributed by atoms with Gasteiger partial charge in [-0.25, -0.2) is 0 Å². The van der Waals surface area contributed by atoms with Gasteiger partial charge in [0.2, 0.25) is 0 Å². The fourth-order valence-electron chi connectivity index (χ4n) is 0. The van der Waals surface area contributed by atoms with E-state index in [4.69, 9.17) is 5.26 Å². The van der Waals surface area contributed by atoms with Crippen LogP contribution in [-0.2, 0) is 17.1 Å². The minimum absolute atomic E-state index is 0. The number of hydrogen-bond donors (Lipinski definition) is 1. The Morgan fingerprint density at radius 1 is 1.14 bits per heavy atom. The summed E-state index contributed by atoms with van der Waals surface area (Å²) in [4.78, 5) is 0. The van der Waals surface area contributed by atoms with Crippen LogP contribution < -0.4 is 0 Å². The molecule has 0 aromatic heterocycles. The van der Waals surface area contributed by atoms with Gasteiger partial charge in [0.25, 0.3) is 0 Å². The molecule has 6 heteroatoms. The SMILES string of the molecule is N#CS.O.O.O.[Fe]. The smallest absolute Gasteiger partial charge is 0.130 e. The molecule has 48 valence electrons. The van der Waals surface area contributed by atoms with E-state index in [1.165, 1.54) is 5.40 Å². The van der Waals surface area contributed by atoms with Gasteiger partial charge in [0.1, 0.15) is 5.40 Å². The summed E-state index contributed by atoms with van der Waals surface area (Å²) in [6.07, 6.45) is 0. The van der Waals surface area contributed by atoms with Crippen LogP contribution >= 0.6 is 12.6 Å². The standard InChI is InChI=1S/CHNS.Fe.3H2O/c2-1-3;;;;/h3H;;3*1H2. The number of thiol groups is 1. The van der Waals surface area contributed by atoms with Gasteiger partial charge in [-0.05, 0) is 0 Å². The molecule has 4 nitrogen and oxygen atoms in total. The first-order valence-electron chi connectivity index (χ1n) is 0.447. The van der Waals surface area contributed by atoms with Crippen molar-refractivity contribution in [2.75, 3.05) is 0 Å². The van der Waals surface area contributed by atoms with Crippen LogP contribution in [0.1, 0.15) is 0 Å². The second-order valence-corrected chi connectivity index (χ2v) is 0.300. The molecule has 0 spiro atoms. The molecule has 0 aromatic rings. The van der Waals surface area contributed by atoms with Crippen LogP contribution in [0.5, 0.6) is 0 Å². The van der Waals surface area contributed by atoms with Crippen LogP contribution in [0.25, 0.3) is 0 Å². The molecule has 0 radical (unpaired) electrons. The van der Waals surface area contributed by atoms with E-state index in [9.17, 15) is 0 Å². The summed E-state index contributed by atoms with van der Waals surface area (Å²) in [5.74, 6) is 0. The Bertz CT molecular complexity index is 36.4. The molecule has 0 saturated carbocycles. The molecule has 0 heterocycles. The number of nitriles is 1. The first kappa shape index (κ1) is 56.2. The summed E-state index contributed by atoms with van der Waals surface area (Å²) < 4.78 is 0. The maximum absolute atomic E-state index is 7.18. The van der Waals surface area contributed by atoms with Crippen LogP contribution in [0.2, 0.25) is 0 Å². The predicted octanol–water partition coefficient (Wildman–Crippen LogP) is -2.08. The van der Waals surface area contributed by atoms with Crippen molar-refractivity contribution in [3.8, 4) is 5.40 Å². The van der Waals surface area contributed by atoms with Crippen molar-refractivity contribution >= 4 is 12.6 Å². The molecule has 6 N–H and O–H groups in total. The Labute approximate surface area is 57.3 Å². The van der Waals surface area contributed by atoms with E-state index in [2.05, 4.69) is 12.6 Å². The molecular formula is CH7FeNO3S. The predicted molar refractivity (Wildman–Crippen MR) is 25.4 cm³/mol. The third-order valence-corrected chi connectivity index (χ3v) is 0. The Balaban J connectivity index is -0.00000000333. The Morgan fingerprint density at radius 2 is 1.14 bits per heavy atom. The summed E-state index contributed by atoms with van der Waals surface area (Å²) in [6, 6.07) is 0. The van der Waals surface area contributed by atoms with Gasteiger partial charge < -0.3 is 16.4 Å². The number of hydrogen-bond acceptors (Lipinski definition) is 2. The van der Waals surface area contributed by atoms with Crippen molar-refractivity contribution in [3.63, 3.8) is 0 Å². The summed E-state index contributed by atoms with van der Waals surface area (Å²) in [5.41, 5.74) is 0. The maximum Gasteiger partial charge on any atom is 0.130 e. The molecule has 0 amide bonds. The zero-order valence-corrected chi connectivity index (χ0v) is 5.25. The second-order valence-electron chi connectivity index (χ2n) is 0.100. The average molecular weight is 169 g/mol. The summed E-state index contributed by atoms with van der Waals surface area (Å²) >= 11 is 3.09. The van der Waals surface area contributed by atoms with Crippen molar-refractivity contribution in [1.29, 1.82) is 5.26 Å². The van der Waals surface area contributed by atoms with E-state index in [0.29, 0.717) is 0 Å². The van der Waals surface area contributed by atoms with Crippen molar-refractivity contribution in [2.24, 2.45) is 0 Å². The van der Waals surface area contributed by atoms with Crippen LogP contribution in [-0.4, -0.2) is 16.4 Å². The maximum atomic E-state index is 7.18. The molecule has 0 atom stereocenters. The molecule has 0 fully saturated rings. The van der Waals surface area contributed by atoms with Crippen molar-refractivity contribution in [3.05, 3.63) is 0 Å². The average Bonchev–Trinajstić information content (AvgIpc) is 0.918. The fraction of sp³-hybridized carbons (Fsp3) is 0. The normalized spacial score (nSPS) is 1.14. The summed E-state index contributed by atoms with van der Waals surface area (Å²) in [6.45, 7) is 0. The first-order valence-corrected chi connectivity index (χ1v) is 0.894. The van der Waals surface area contributed by atoms with Crippen LogP contribution in [0.3, 0.4) is 0 Å².